The van der Waals surface area contributed by atoms with Crippen molar-refractivity contribution >= 4 is 83.8 Å². The summed E-state index contributed by atoms with van der Waals surface area (Å²) in [6.07, 6.45) is 8.47. The van der Waals surface area contributed by atoms with Crippen LogP contribution in [0.1, 0.15) is 216 Å². The fourth-order valence-corrected chi connectivity index (χ4v) is 28.9. The van der Waals surface area contributed by atoms with Gasteiger partial charge in [-0.2, -0.15) is 25.8 Å². The fraction of sp³-hybridized carbons (Fsp3) is 0.447. The minimum atomic E-state index is -4.37. The van der Waals surface area contributed by atoms with Crippen LogP contribution in [0.5, 0.6) is 0 Å². The minimum Gasteiger partial charge on any atom is -0.274 e. The summed E-state index contributed by atoms with van der Waals surface area (Å²) in [5.74, 6) is -1.91. The van der Waals surface area contributed by atoms with E-state index in [1.807, 2.05) is 41.5 Å². The molecule has 0 bridgehead atoms. The van der Waals surface area contributed by atoms with Gasteiger partial charge in [0.2, 0.25) is 60.1 Å². The van der Waals surface area contributed by atoms with Crippen LogP contribution in [0.15, 0.2) is 223 Å². The lowest BCUT2D eigenvalue weighted by Crippen LogP contribution is -2.57. The largest absolute Gasteiger partial charge is 0.274 e. The van der Waals surface area contributed by atoms with Crippen molar-refractivity contribution in [3.05, 3.63) is 250 Å². The molecular weight excluding hydrogens is 1690 g/mol. The fourth-order valence-electron chi connectivity index (χ4n) is 18.6. The molecule has 0 unspecified atom stereocenters. The Balaban J connectivity index is 0.744. The van der Waals surface area contributed by atoms with Crippen molar-refractivity contribution in [1.29, 1.82) is 0 Å². The molecule has 5 aliphatic rings. The van der Waals surface area contributed by atoms with Gasteiger partial charge in [-0.25, -0.2) is 50.5 Å². The quantitative estimate of drug-likeness (QED) is 0.0254. The SMILES string of the molecule is Cc1ccc(S(=O)(=O)N(CCCCCCN([C@@H]2CCCC[C@H]2N(CCCN2C(=O)c3ccccc3C2=O)S(=O)(=O)c2ccc(C)cc2)S(=O)(=O)c2ccc(C)cc2)[C@@H]2CCCC[C@H]2N(CCCCCCN([C@@H]2CCCC[C@H]2N(CCCN2C(=O)c3ccccc3C2=O)S(=O)(=O)c2ccc(C)cc2)S(=O)(=O)c2ccc(C)cc2)S(=O)(=O)c2ccc(C)cc2)cc1. The van der Waals surface area contributed by atoms with Crippen molar-refractivity contribution in [3.8, 4) is 0 Å². The van der Waals surface area contributed by atoms with Crippen molar-refractivity contribution < 1.29 is 69.7 Å². The second-order valence-corrected chi connectivity index (χ2v) is 45.3. The lowest BCUT2D eigenvalue weighted by Gasteiger charge is -2.44. The summed E-state index contributed by atoms with van der Waals surface area (Å²) in [7, 11) is -26.2. The first-order valence-corrected chi connectivity index (χ1v) is 52.3. The number of rotatable bonds is 40. The molecule has 0 radical (unpaired) electrons. The third kappa shape index (κ3) is 20.5. The molecule has 4 amide bonds. The number of fused-ring (bicyclic) bond motifs is 2. The van der Waals surface area contributed by atoms with Crippen molar-refractivity contribution in [1.82, 2.24) is 35.6 Å². The van der Waals surface area contributed by atoms with Crippen molar-refractivity contribution in [2.75, 3.05) is 52.4 Å². The smallest absolute Gasteiger partial charge is 0.261 e. The topological polar surface area (TPSA) is 299 Å². The highest BCUT2D eigenvalue weighted by Gasteiger charge is 2.49. The first-order valence-electron chi connectivity index (χ1n) is 43.6. The number of aryl methyl sites for hydroxylation is 6. The molecule has 0 saturated heterocycles. The monoisotopic (exact) mass is 1800 g/mol. The Morgan fingerprint density at radius 1 is 0.226 bits per heavy atom. The average Bonchev–Trinajstić information content (AvgIpc) is 1.32. The predicted octanol–water partition coefficient (Wildman–Crippen LogP) is 15.4. The van der Waals surface area contributed by atoms with Gasteiger partial charge in [0.15, 0.2) is 0 Å². The Kier molecular flexibility index (Phi) is 30.2. The summed E-state index contributed by atoms with van der Waals surface area (Å²) < 4.78 is 195. The van der Waals surface area contributed by atoms with Crippen LogP contribution in [0.25, 0.3) is 0 Å². The normalized spacial score (nSPS) is 19.5. The van der Waals surface area contributed by atoms with Gasteiger partial charge in [0, 0.05) is 88.6 Å². The zero-order valence-electron chi connectivity index (χ0n) is 71.7. The van der Waals surface area contributed by atoms with E-state index in [9.17, 15) is 19.2 Å². The van der Waals surface area contributed by atoms with Crippen LogP contribution in [0.4, 0.5) is 0 Å². The highest BCUT2D eigenvalue weighted by Crippen LogP contribution is 2.41. The number of nitrogens with zero attached hydrogens (tertiary/aromatic N) is 8. The van der Waals surface area contributed by atoms with Gasteiger partial charge in [0.25, 0.3) is 23.6 Å². The third-order valence-corrected chi connectivity index (χ3v) is 37.0. The summed E-state index contributed by atoms with van der Waals surface area (Å²) >= 11 is 0. The summed E-state index contributed by atoms with van der Waals surface area (Å²) in [4.78, 5) is 57.0. The van der Waals surface area contributed by atoms with E-state index in [0.717, 1.165) is 43.2 Å². The van der Waals surface area contributed by atoms with Gasteiger partial charge >= 0.3 is 0 Å². The lowest BCUT2D eigenvalue weighted by molar-refractivity contribution is 0.0630. The Hall–Kier alpha value is -8.50. The molecule has 3 saturated carbocycles. The van der Waals surface area contributed by atoms with E-state index in [-0.39, 0.29) is 117 Å². The summed E-state index contributed by atoms with van der Waals surface area (Å²) in [6, 6.07) is 47.1. The summed E-state index contributed by atoms with van der Waals surface area (Å²) in [5, 5.41) is 0. The second-order valence-electron chi connectivity index (χ2n) is 34.0. The molecule has 2 aliphatic heterocycles. The van der Waals surface area contributed by atoms with Gasteiger partial charge in [-0.05, 0) is 216 Å². The van der Waals surface area contributed by atoms with E-state index in [1.165, 1.54) is 50.1 Å². The van der Waals surface area contributed by atoms with Crippen LogP contribution >= 0.6 is 0 Å². The molecule has 664 valence electrons. The Morgan fingerprint density at radius 3 is 0.540 bits per heavy atom. The van der Waals surface area contributed by atoms with Crippen LogP contribution in [-0.4, -0.2) is 198 Å². The van der Waals surface area contributed by atoms with Crippen molar-refractivity contribution in [2.45, 2.75) is 248 Å². The Bertz CT molecular complexity index is 5420. The number of carbonyl (C=O) groups is 4. The van der Waals surface area contributed by atoms with Gasteiger partial charge in [-0.1, -0.05) is 195 Å². The third-order valence-electron chi connectivity index (χ3n) is 25.4. The highest BCUT2D eigenvalue weighted by atomic mass is 32.2. The molecule has 30 heteroatoms. The molecule has 13 rings (SSSR count). The number of hydrogen-bond acceptors (Lipinski definition) is 16. The number of unbranched alkanes of at least 4 members (excludes halogenated alkanes) is 6. The number of benzene rings is 8. The average molecular weight is 1810 g/mol. The molecule has 3 aliphatic carbocycles. The minimum absolute atomic E-state index is 0.0153. The maximum absolute atomic E-state index is 15.7. The van der Waals surface area contributed by atoms with E-state index < -0.39 is 120 Å². The molecule has 3 fully saturated rings. The zero-order valence-corrected chi connectivity index (χ0v) is 76.6. The first-order chi connectivity index (χ1) is 59.2. The maximum atomic E-state index is 15.7. The molecule has 0 spiro atoms. The van der Waals surface area contributed by atoms with Crippen LogP contribution in [0.3, 0.4) is 0 Å². The molecule has 0 N–H and O–H groups in total. The Labute approximate surface area is 734 Å². The lowest BCUT2D eigenvalue weighted by atomic mass is 9.89. The van der Waals surface area contributed by atoms with E-state index in [2.05, 4.69) is 0 Å². The van der Waals surface area contributed by atoms with Crippen LogP contribution < -0.4 is 0 Å². The van der Waals surface area contributed by atoms with Crippen molar-refractivity contribution in [3.63, 3.8) is 0 Å². The Morgan fingerprint density at radius 2 is 0.379 bits per heavy atom. The van der Waals surface area contributed by atoms with Gasteiger partial charge in [0.1, 0.15) is 0 Å². The molecular formula is C94H116N8O16S6. The highest BCUT2D eigenvalue weighted by molar-refractivity contribution is 7.90. The number of imide groups is 2. The predicted molar refractivity (Wildman–Crippen MR) is 478 cm³/mol. The van der Waals surface area contributed by atoms with Gasteiger partial charge in [0.05, 0.1) is 51.6 Å². The zero-order chi connectivity index (χ0) is 88.5. The standard InChI is InChI=1S/C94H116N8O16S6/c1-69-37-49-75(50-38-69)119(107,108)97(63-21-7-9-23-65-99(121(111,112)77-53-41-71(3)42-54-77)87-33-17-19-35-89(87)101(123(115,116)79-57-45-73(5)46-58-79)67-25-61-95-91(103)81-27-11-12-28-82(81)92(95)104)85-31-15-16-32-86(85)98(120(109,110)76-51-39-70(2)40-52-76)64-22-8-10-24-66-100(122(113,114)78-55-43-72(4)44-56-78)88-34-18-20-36-90(88)102(124(117,118)80-59-47-74(6)48-60-80)68-26-62-96-93(105)83-29-13-14-30-84(83)94(96)106/h11-14,27-30,37-60,85-90H,7-10,15-26,31-36,61-68H2,1-6H3/t85-,86-,87-,88-,89-,90-/m1/s1. The molecule has 24 nitrogen and oxygen atoms in total. The van der Waals surface area contributed by atoms with E-state index >= 15 is 50.5 Å². The molecule has 2 heterocycles. The molecule has 6 atom stereocenters. The van der Waals surface area contributed by atoms with Gasteiger partial charge in [-0.3, -0.25) is 29.0 Å². The van der Waals surface area contributed by atoms with Crippen molar-refractivity contribution in [2.24, 2.45) is 0 Å². The van der Waals surface area contributed by atoms with Crippen LogP contribution in [0, 0.1) is 41.5 Å². The molecule has 124 heavy (non-hydrogen) atoms. The maximum Gasteiger partial charge on any atom is 0.261 e. The van der Waals surface area contributed by atoms with E-state index in [1.54, 1.807) is 170 Å². The number of sulfonamides is 6. The molecule has 8 aromatic carbocycles. The molecule has 0 aromatic heterocycles. The first kappa shape index (κ1) is 93.1. The summed E-state index contributed by atoms with van der Waals surface area (Å²) in [5.41, 5.74) is 6.05. The second kappa shape index (κ2) is 40.2. The van der Waals surface area contributed by atoms with Gasteiger partial charge in [-0.15, -0.1) is 0 Å². The number of hydrogen-bond donors (Lipinski definition) is 0. The van der Waals surface area contributed by atoms with Gasteiger partial charge < -0.3 is 0 Å². The summed E-state index contributed by atoms with van der Waals surface area (Å²) in [6.45, 7) is 10.6. The van der Waals surface area contributed by atoms with E-state index in [0.29, 0.717) is 128 Å². The number of amides is 4. The molecule has 8 aromatic rings. The number of carbonyl (C=O) groups excluding carboxylic acids is 4. The van der Waals surface area contributed by atoms with E-state index in [4.69, 9.17) is 0 Å². The van der Waals surface area contributed by atoms with Crippen LogP contribution in [-0.2, 0) is 60.1 Å². The van der Waals surface area contributed by atoms with Crippen LogP contribution in [0.2, 0.25) is 0 Å².